The summed E-state index contributed by atoms with van der Waals surface area (Å²) in [5.41, 5.74) is 1.45. The normalized spacial score (nSPS) is 19.6. The van der Waals surface area contributed by atoms with Gasteiger partial charge in [0.15, 0.2) is 6.39 Å². The van der Waals surface area contributed by atoms with E-state index >= 15 is 0 Å². The van der Waals surface area contributed by atoms with Crippen molar-refractivity contribution in [1.82, 2.24) is 15.6 Å². The number of amides is 2. The van der Waals surface area contributed by atoms with Crippen LogP contribution in [-0.2, 0) is 21.4 Å². The smallest absolute Gasteiger partial charge is 0.268 e. The third-order valence-electron chi connectivity index (χ3n) is 3.96. The predicted octanol–water partition coefficient (Wildman–Crippen LogP) is 2.17. The van der Waals surface area contributed by atoms with Gasteiger partial charge in [0.05, 0.1) is 0 Å². The Kier molecular flexibility index (Phi) is 4.44. The van der Waals surface area contributed by atoms with Crippen LogP contribution in [0, 0.1) is 0 Å². The van der Waals surface area contributed by atoms with Gasteiger partial charge in [-0.1, -0.05) is 51.1 Å². The summed E-state index contributed by atoms with van der Waals surface area (Å²) in [6, 6.07) is 8.98. The van der Waals surface area contributed by atoms with E-state index in [2.05, 4.69) is 15.6 Å². The number of hydrogen-bond donors (Lipinski definition) is 2. The molecule has 3 rings (SSSR count). The van der Waals surface area contributed by atoms with Crippen LogP contribution in [0.2, 0.25) is 0 Å². The van der Waals surface area contributed by atoms with Gasteiger partial charge in [-0.15, -0.1) is 0 Å². The molecule has 1 aliphatic rings. The van der Waals surface area contributed by atoms with E-state index in [1.807, 2.05) is 51.1 Å². The summed E-state index contributed by atoms with van der Waals surface area (Å²) in [4.78, 5) is 28.9. The van der Waals surface area contributed by atoms with E-state index in [-0.39, 0.29) is 22.9 Å². The Morgan fingerprint density at radius 2 is 1.92 bits per heavy atom. The molecule has 2 heterocycles. The van der Waals surface area contributed by atoms with Crippen molar-refractivity contribution in [3.05, 3.63) is 59.4 Å². The van der Waals surface area contributed by atoms with E-state index in [1.165, 1.54) is 6.39 Å². The maximum atomic E-state index is 12.4. The highest BCUT2D eigenvalue weighted by atomic mass is 16.3. The molecule has 0 bridgehead atoms. The second kappa shape index (κ2) is 6.55. The number of rotatable bonds is 3. The van der Waals surface area contributed by atoms with Crippen LogP contribution in [-0.4, -0.2) is 22.8 Å². The topological polar surface area (TPSA) is 84.2 Å². The van der Waals surface area contributed by atoms with Crippen LogP contribution in [0.1, 0.15) is 37.8 Å². The van der Waals surface area contributed by atoms with Crippen molar-refractivity contribution in [3.63, 3.8) is 0 Å². The van der Waals surface area contributed by atoms with Crippen LogP contribution in [0.4, 0.5) is 0 Å². The SMILES string of the molecule is CC(C)(C)c1ocnc1C=C1NC(=O)[C@H](Cc2ccccc2)NC1=O. The van der Waals surface area contributed by atoms with Crippen LogP contribution in [0.25, 0.3) is 6.08 Å². The maximum Gasteiger partial charge on any atom is 0.268 e. The van der Waals surface area contributed by atoms with Gasteiger partial charge < -0.3 is 15.1 Å². The van der Waals surface area contributed by atoms with Crippen molar-refractivity contribution in [3.8, 4) is 0 Å². The van der Waals surface area contributed by atoms with Gasteiger partial charge in [-0.3, -0.25) is 9.59 Å². The summed E-state index contributed by atoms with van der Waals surface area (Å²) in [5.74, 6) is 0.0901. The van der Waals surface area contributed by atoms with Crippen LogP contribution in [0.15, 0.2) is 46.8 Å². The Balaban J connectivity index is 1.78. The summed E-state index contributed by atoms with van der Waals surface area (Å²) in [6.07, 6.45) is 3.34. The lowest BCUT2D eigenvalue weighted by molar-refractivity contribution is -0.131. The second-order valence-corrected chi connectivity index (χ2v) is 7.08. The minimum Gasteiger partial charge on any atom is -0.447 e. The number of piperazine rings is 1. The second-order valence-electron chi connectivity index (χ2n) is 7.08. The molecule has 1 aliphatic heterocycles. The zero-order chi connectivity index (χ0) is 18.0. The maximum absolute atomic E-state index is 12.4. The molecule has 1 aromatic carbocycles. The zero-order valence-electron chi connectivity index (χ0n) is 14.5. The molecule has 1 saturated heterocycles. The predicted molar refractivity (Wildman–Crippen MR) is 93.4 cm³/mol. The molecule has 0 aliphatic carbocycles. The standard InChI is InChI=1S/C19H21N3O3/c1-19(2,3)16-13(20-11-25-16)10-15-18(24)21-14(17(23)22-15)9-12-7-5-4-6-8-12/h4-8,10-11,14H,9H2,1-3H3,(H,21,24)(H,22,23)/t14-/m0/s1. The van der Waals surface area contributed by atoms with Crippen molar-refractivity contribution < 1.29 is 14.0 Å². The highest BCUT2D eigenvalue weighted by Gasteiger charge is 2.31. The first-order chi connectivity index (χ1) is 11.8. The highest BCUT2D eigenvalue weighted by Crippen LogP contribution is 2.26. The molecule has 1 aromatic heterocycles. The third-order valence-corrected chi connectivity index (χ3v) is 3.96. The lowest BCUT2D eigenvalue weighted by Gasteiger charge is -2.25. The van der Waals surface area contributed by atoms with Gasteiger partial charge in [-0.2, -0.15) is 0 Å². The number of nitrogens with zero attached hydrogens (tertiary/aromatic N) is 1. The van der Waals surface area contributed by atoms with Crippen molar-refractivity contribution in [1.29, 1.82) is 0 Å². The van der Waals surface area contributed by atoms with E-state index in [0.717, 1.165) is 5.56 Å². The number of benzene rings is 1. The molecule has 1 fully saturated rings. The largest absolute Gasteiger partial charge is 0.447 e. The van der Waals surface area contributed by atoms with E-state index in [9.17, 15) is 9.59 Å². The molecule has 1 atom stereocenters. The monoisotopic (exact) mass is 339 g/mol. The molecular weight excluding hydrogens is 318 g/mol. The number of carbonyl (C=O) groups excluding carboxylic acids is 2. The lowest BCUT2D eigenvalue weighted by atomic mass is 9.91. The first kappa shape index (κ1) is 17.0. The molecular formula is C19H21N3O3. The van der Waals surface area contributed by atoms with E-state index < -0.39 is 6.04 Å². The van der Waals surface area contributed by atoms with E-state index in [4.69, 9.17) is 4.42 Å². The van der Waals surface area contributed by atoms with Gasteiger partial charge in [0.1, 0.15) is 23.2 Å². The molecule has 2 amide bonds. The molecule has 25 heavy (non-hydrogen) atoms. The molecule has 2 N–H and O–H groups in total. The number of carbonyl (C=O) groups is 2. The molecule has 6 nitrogen and oxygen atoms in total. The van der Waals surface area contributed by atoms with Crippen LogP contribution in [0.3, 0.4) is 0 Å². The molecule has 130 valence electrons. The van der Waals surface area contributed by atoms with Gasteiger partial charge in [0, 0.05) is 11.8 Å². The van der Waals surface area contributed by atoms with Crippen molar-refractivity contribution in [2.45, 2.75) is 38.6 Å². The summed E-state index contributed by atoms with van der Waals surface area (Å²) in [6.45, 7) is 5.97. The molecule has 0 unspecified atom stereocenters. The lowest BCUT2D eigenvalue weighted by Crippen LogP contribution is -2.55. The highest BCUT2D eigenvalue weighted by molar-refractivity contribution is 6.07. The Labute approximate surface area is 146 Å². The summed E-state index contributed by atoms with van der Waals surface area (Å²) in [7, 11) is 0. The zero-order valence-corrected chi connectivity index (χ0v) is 14.5. The number of aromatic nitrogens is 1. The molecule has 0 radical (unpaired) electrons. The quantitative estimate of drug-likeness (QED) is 0.840. The van der Waals surface area contributed by atoms with Crippen LogP contribution in [0.5, 0.6) is 0 Å². The number of hydrogen-bond acceptors (Lipinski definition) is 4. The first-order valence-electron chi connectivity index (χ1n) is 8.16. The van der Waals surface area contributed by atoms with Crippen molar-refractivity contribution in [2.75, 3.05) is 0 Å². The van der Waals surface area contributed by atoms with Gasteiger partial charge in [-0.05, 0) is 11.6 Å². The van der Waals surface area contributed by atoms with Gasteiger partial charge >= 0.3 is 0 Å². The van der Waals surface area contributed by atoms with E-state index in [1.54, 1.807) is 6.08 Å². The summed E-state index contributed by atoms with van der Waals surface area (Å²) >= 11 is 0. The van der Waals surface area contributed by atoms with Gasteiger partial charge in [0.2, 0.25) is 5.91 Å². The fourth-order valence-corrected chi connectivity index (χ4v) is 2.73. The Morgan fingerprint density at radius 1 is 1.20 bits per heavy atom. The minimum atomic E-state index is -0.591. The van der Waals surface area contributed by atoms with Crippen LogP contribution >= 0.6 is 0 Å². The average molecular weight is 339 g/mol. The molecule has 0 saturated carbocycles. The summed E-state index contributed by atoms with van der Waals surface area (Å²) < 4.78 is 5.43. The average Bonchev–Trinajstić information content (AvgIpc) is 3.02. The minimum absolute atomic E-state index is 0.175. The first-order valence-corrected chi connectivity index (χ1v) is 8.16. The van der Waals surface area contributed by atoms with Crippen molar-refractivity contribution >= 4 is 17.9 Å². The van der Waals surface area contributed by atoms with Crippen molar-refractivity contribution in [2.24, 2.45) is 0 Å². The number of oxazole rings is 1. The Hall–Kier alpha value is -2.89. The molecule has 0 spiro atoms. The number of nitrogens with one attached hydrogen (secondary N) is 2. The van der Waals surface area contributed by atoms with Crippen LogP contribution < -0.4 is 10.6 Å². The van der Waals surface area contributed by atoms with E-state index in [0.29, 0.717) is 17.9 Å². The fraction of sp³-hybridized carbons (Fsp3) is 0.316. The molecule has 2 aromatic rings. The Morgan fingerprint density at radius 3 is 2.60 bits per heavy atom. The van der Waals surface area contributed by atoms with Gasteiger partial charge in [0.25, 0.3) is 5.91 Å². The summed E-state index contributed by atoms with van der Waals surface area (Å²) in [5, 5.41) is 5.44. The third kappa shape index (κ3) is 3.79. The fourth-order valence-electron chi connectivity index (χ4n) is 2.73. The van der Waals surface area contributed by atoms with Gasteiger partial charge in [-0.25, -0.2) is 4.98 Å². The molecule has 6 heteroatoms. The Bertz CT molecular complexity index is 816.